The van der Waals surface area contributed by atoms with Crippen molar-refractivity contribution in [3.8, 4) is 0 Å². The fourth-order valence-corrected chi connectivity index (χ4v) is 2.97. The third-order valence-corrected chi connectivity index (χ3v) is 4.00. The second-order valence-corrected chi connectivity index (χ2v) is 5.55. The molecule has 96 valence electrons. The molecule has 1 aliphatic heterocycles. The zero-order chi connectivity index (χ0) is 12.5. The Labute approximate surface area is 116 Å². The van der Waals surface area contributed by atoms with Gasteiger partial charge < -0.3 is 9.72 Å². The Morgan fingerprint density at radius 2 is 2.17 bits per heavy atom. The van der Waals surface area contributed by atoms with E-state index < -0.39 is 0 Å². The zero-order valence-corrected chi connectivity index (χ0v) is 11.5. The molecule has 0 aliphatic carbocycles. The van der Waals surface area contributed by atoms with Gasteiger partial charge in [-0.15, -0.1) is 0 Å². The van der Waals surface area contributed by atoms with Crippen molar-refractivity contribution < 1.29 is 0 Å². The molecule has 1 saturated heterocycles. The SMILES string of the molecule is Clc1ccc2c(Cl)nc(C3CCCCNC3)n2c1. The van der Waals surface area contributed by atoms with Crippen LogP contribution in [0.3, 0.4) is 0 Å². The fourth-order valence-electron chi connectivity index (χ4n) is 2.57. The lowest BCUT2D eigenvalue weighted by molar-refractivity contribution is 0.576. The van der Waals surface area contributed by atoms with E-state index in [9.17, 15) is 0 Å². The van der Waals surface area contributed by atoms with Gasteiger partial charge in [0.05, 0.1) is 10.5 Å². The minimum absolute atomic E-state index is 0.408. The van der Waals surface area contributed by atoms with Gasteiger partial charge in [-0.05, 0) is 31.5 Å². The molecule has 1 aliphatic rings. The summed E-state index contributed by atoms with van der Waals surface area (Å²) in [4.78, 5) is 4.53. The number of nitrogens with one attached hydrogen (secondary N) is 1. The van der Waals surface area contributed by atoms with Crippen LogP contribution in [-0.4, -0.2) is 22.5 Å². The number of halogens is 2. The summed E-state index contributed by atoms with van der Waals surface area (Å²) in [5.74, 6) is 1.43. The third kappa shape index (κ3) is 2.22. The quantitative estimate of drug-likeness (QED) is 0.868. The van der Waals surface area contributed by atoms with Crippen LogP contribution >= 0.6 is 23.2 Å². The van der Waals surface area contributed by atoms with Crippen molar-refractivity contribution in [2.45, 2.75) is 25.2 Å². The molecule has 1 unspecified atom stereocenters. The molecular weight excluding hydrogens is 269 g/mol. The van der Waals surface area contributed by atoms with Gasteiger partial charge in [0.25, 0.3) is 0 Å². The summed E-state index contributed by atoms with van der Waals surface area (Å²) in [6.07, 6.45) is 5.50. The minimum atomic E-state index is 0.408. The van der Waals surface area contributed by atoms with Gasteiger partial charge in [0.1, 0.15) is 5.82 Å². The molecule has 5 heteroatoms. The van der Waals surface area contributed by atoms with Gasteiger partial charge in [-0.25, -0.2) is 4.98 Å². The fraction of sp³-hybridized carbons (Fsp3) is 0.462. The Morgan fingerprint density at radius 3 is 3.06 bits per heavy atom. The highest BCUT2D eigenvalue weighted by Crippen LogP contribution is 2.28. The molecule has 1 atom stereocenters. The van der Waals surface area contributed by atoms with Gasteiger partial charge in [0, 0.05) is 18.7 Å². The van der Waals surface area contributed by atoms with Crippen LogP contribution in [0.1, 0.15) is 31.0 Å². The predicted molar refractivity (Wildman–Crippen MR) is 74.7 cm³/mol. The van der Waals surface area contributed by atoms with Crippen LogP contribution in [-0.2, 0) is 0 Å². The first kappa shape index (κ1) is 12.3. The lowest BCUT2D eigenvalue weighted by atomic mass is 10.0. The second-order valence-electron chi connectivity index (χ2n) is 4.76. The molecule has 2 aromatic heterocycles. The Balaban J connectivity index is 2.07. The molecule has 0 bridgehead atoms. The average Bonchev–Trinajstić information content (AvgIpc) is 2.58. The summed E-state index contributed by atoms with van der Waals surface area (Å²) in [5.41, 5.74) is 0.931. The van der Waals surface area contributed by atoms with Crippen molar-refractivity contribution in [3.63, 3.8) is 0 Å². The maximum atomic E-state index is 6.19. The van der Waals surface area contributed by atoms with Crippen LogP contribution in [0.5, 0.6) is 0 Å². The topological polar surface area (TPSA) is 29.3 Å². The second kappa shape index (κ2) is 5.08. The molecule has 0 spiro atoms. The molecule has 3 heterocycles. The number of rotatable bonds is 1. The number of imidazole rings is 1. The monoisotopic (exact) mass is 283 g/mol. The van der Waals surface area contributed by atoms with E-state index in [0.717, 1.165) is 30.9 Å². The number of hydrogen-bond donors (Lipinski definition) is 1. The van der Waals surface area contributed by atoms with E-state index in [1.807, 2.05) is 22.7 Å². The summed E-state index contributed by atoms with van der Waals surface area (Å²) < 4.78 is 2.03. The maximum Gasteiger partial charge on any atom is 0.155 e. The summed E-state index contributed by atoms with van der Waals surface area (Å²) in [5, 5.41) is 4.72. The van der Waals surface area contributed by atoms with E-state index in [2.05, 4.69) is 10.3 Å². The standard InChI is InChI=1S/C13H15Cl2N3/c14-10-4-5-11-12(15)17-13(18(11)8-10)9-3-1-2-6-16-7-9/h4-5,8-9,16H,1-3,6-7H2. The third-order valence-electron chi connectivity index (χ3n) is 3.50. The summed E-state index contributed by atoms with van der Waals surface area (Å²) in [6.45, 7) is 2.05. The molecule has 0 amide bonds. The van der Waals surface area contributed by atoms with E-state index in [4.69, 9.17) is 23.2 Å². The van der Waals surface area contributed by atoms with Gasteiger partial charge >= 0.3 is 0 Å². The number of hydrogen-bond acceptors (Lipinski definition) is 2. The average molecular weight is 284 g/mol. The molecule has 18 heavy (non-hydrogen) atoms. The largest absolute Gasteiger partial charge is 0.316 e. The zero-order valence-electron chi connectivity index (χ0n) is 10.00. The molecular formula is C13H15Cl2N3. The predicted octanol–water partition coefficient (Wildman–Crippen LogP) is 3.50. The molecule has 3 rings (SSSR count). The van der Waals surface area contributed by atoms with Crippen LogP contribution in [0.15, 0.2) is 18.3 Å². The van der Waals surface area contributed by atoms with Crippen LogP contribution in [0, 0.1) is 0 Å². The lowest BCUT2D eigenvalue weighted by Crippen LogP contribution is -2.20. The van der Waals surface area contributed by atoms with Crippen molar-refractivity contribution in [2.24, 2.45) is 0 Å². The van der Waals surface area contributed by atoms with E-state index in [0.29, 0.717) is 16.1 Å². The normalized spacial score (nSPS) is 21.1. The number of nitrogens with zero attached hydrogens (tertiary/aromatic N) is 2. The number of pyridine rings is 1. The van der Waals surface area contributed by atoms with Gasteiger partial charge in [0.2, 0.25) is 0 Å². The van der Waals surface area contributed by atoms with Crippen molar-refractivity contribution in [3.05, 3.63) is 34.3 Å². The van der Waals surface area contributed by atoms with Crippen molar-refractivity contribution in [1.29, 1.82) is 0 Å². The van der Waals surface area contributed by atoms with Crippen LogP contribution < -0.4 is 5.32 Å². The minimum Gasteiger partial charge on any atom is -0.316 e. The van der Waals surface area contributed by atoms with Crippen LogP contribution in [0.2, 0.25) is 10.2 Å². The van der Waals surface area contributed by atoms with Crippen molar-refractivity contribution in [2.75, 3.05) is 13.1 Å². The van der Waals surface area contributed by atoms with E-state index in [1.165, 1.54) is 12.8 Å². The van der Waals surface area contributed by atoms with Gasteiger partial charge in [0.15, 0.2) is 5.15 Å². The first-order valence-electron chi connectivity index (χ1n) is 6.29. The Kier molecular flexibility index (Phi) is 3.46. The highest BCUT2D eigenvalue weighted by molar-refractivity contribution is 6.33. The van der Waals surface area contributed by atoms with Gasteiger partial charge in [-0.3, -0.25) is 0 Å². The molecule has 2 aromatic rings. The number of aromatic nitrogens is 2. The summed E-state index contributed by atoms with van der Waals surface area (Å²) >= 11 is 12.3. The highest BCUT2D eigenvalue weighted by atomic mass is 35.5. The summed E-state index contributed by atoms with van der Waals surface area (Å²) in [7, 11) is 0. The van der Waals surface area contributed by atoms with Crippen LogP contribution in [0.25, 0.3) is 5.52 Å². The molecule has 0 radical (unpaired) electrons. The number of fused-ring (bicyclic) bond motifs is 1. The lowest BCUT2D eigenvalue weighted by Gasteiger charge is -2.13. The van der Waals surface area contributed by atoms with Crippen molar-refractivity contribution in [1.82, 2.24) is 14.7 Å². The molecule has 1 N–H and O–H groups in total. The van der Waals surface area contributed by atoms with Gasteiger partial charge in [-0.2, -0.15) is 0 Å². The summed E-state index contributed by atoms with van der Waals surface area (Å²) in [6, 6.07) is 3.77. The molecule has 3 nitrogen and oxygen atoms in total. The smallest absolute Gasteiger partial charge is 0.155 e. The van der Waals surface area contributed by atoms with Gasteiger partial charge in [-0.1, -0.05) is 29.6 Å². The Morgan fingerprint density at radius 1 is 1.28 bits per heavy atom. The Bertz CT molecular complexity index is 557. The first-order valence-corrected chi connectivity index (χ1v) is 7.05. The van der Waals surface area contributed by atoms with Crippen molar-refractivity contribution >= 4 is 28.7 Å². The van der Waals surface area contributed by atoms with E-state index >= 15 is 0 Å². The first-order chi connectivity index (χ1) is 8.75. The molecule has 0 aromatic carbocycles. The molecule has 1 fully saturated rings. The highest BCUT2D eigenvalue weighted by Gasteiger charge is 2.20. The van der Waals surface area contributed by atoms with E-state index in [-0.39, 0.29) is 0 Å². The Hall–Kier alpha value is -0.770. The van der Waals surface area contributed by atoms with E-state index in [1.54, 1.807) is 0 Å². The molecule has 0 saturated carbocycles. The maximum absolute atomic E-state index is 6.19. The van der Waals surface area contributed by atoms with Crippen LogP contribution in [0.4, 0.5) is 0 Å².